The Labute approximate surface area is 130 Å². The molecule has 1 aliphatic rings. The van der Waals surface area contributed by atoms with Gasteiger partial charge in [-0.05, 0) is 43.7 Å². The van der Waals surface area contributed by atoms with Gasteiger partial charge in [0.25, 0.3) is 5.91 Å². The highest BCUT2D eigenvalue weighted by Crippen LogP contribution is 2.34. The van der Waals surface area contributed by atoms with Gasteiger partial charge in [-0.15, -0.1) is 0 Å². The van der Waals surface area contributed by atoms with Gasteiger partial charge in [0.2, 0.25) is 0 Å². The predicted octanol–water partition coefficient (Wildman–Crippen LogP) is 3.19. The Morgan fingerprint density at radius 1 is 1.27 bits per heavy atom. The van der Waals surface area contributed by atoms with Crippen LogP contribution in [0.15, 0.2) is 48.5 Å². The van der Waals surface area contributed by atoms with Crippen molar-refractivity contribution in [3.63, 3.8) is 0 Å². The Morgan fingerprint density at radius 2 is 2.05 bits per heavy atom. The van der Waals surface area contributed by atoms with Crippen LogP contribution in [0.1, 0.15) is 12.5 Å². The second-order valence-corrected chi connectivity index (χ2v) is 5.50. The molecule has 0 saturated heterocycles. The van der Waals surface area contributed by atoms with Crippen molar-refractivity contribution in [3.8, 4) is 11.5 Å². The van der Waals surface area contributed by atoms with Gasteiger partial charge in [-0.25, -0.2) is 0 Å². The van der Waals surface area contributed by atoms with Crippen LogP contribution in [0, 0.1) is 6.92 Å². The van der Waals surface area contributed by atoms with E-state index in [1.54, 1.807) is 4.90 Å². The Morgan fingerprint density at radius 3 is 2.82 bits per heavy atom. The van der Waals surface area contributed by atoms with E-state index in [4.69, 9.17) is 9.47 Å². The predicted molar refractivity (Wildman–Crippen MR) is 85.6 cm³/mol. The molecule has 2 aromatic rings. The molecular formula is C18H19NO3. The van der Waals surface area contributed by atoms with Crippen LogP contribution in [-0.2, 0) is 4.79 Å². The number of ether oxygens (including phenoxy) is 2. The third-order valence-corrected chi connectivity index (χ3v) is 3.67. The number of hydrogen-bond donors (Lipinski definition) is 0. The zero-order chi connectivity index (χ0) is 15.5. The van der Waals surface area contributed by atoms with Crippen molar-refractivity contribution in [2.75, 3.05) is 18.1 Å². The van der Waals surface area contributed by atoms with E-state index in [9.17, 15) is 4.79 Å². The lowest BCUT2D eigenvalue weighted by atomic mass is 10.1. The molecule has 1 heterocycles. The number of hydrogen-bond acceptors (Lipinski definition) is 3. The van der Waals surface area contributed by atoms with Crippen molar-refractivity contribution < 1.29 is 14.3 Å². The summed E-state index contributed by atoms with van der Waals surface area (Å²) >= 11 is 0. The van der Waals surface area contributed by atoms with E-state index in [-0.39, 0.29) is 18.6 Å². The first-order valence-corrected chi connectivity index (χ1v) is 7.38. The fourth-order valence-electron chi connectivity index (χ4n) is 2.57. The summed E-state index contributed by atoms with van der Waals surface area (Å²) in [5, 5.41) is 0. The first-order valence-electron chi connectivity index (χ1n) is 7.38. The number of carbonyl (C=O) groups is 1. The molecule has 114 valence electrons. The van der Waals surface area contributed by atoms with Crippen LogP contribution < -0.4 is 14.4 Å². The van der Waals surface area contributed by atoms with Crippen molar-refractivity contribution in [1.29, 1.82) is 0 Å². The smallest absolute Gasteiger partial charge is 0.265 e. The van der Waals surface area contributed by atoms with E-state index in [0.29, 0.717) is 12.4 Å². The lowest BCUT2D eigenvalue weighted by Crippen LogP contribution is -2.47. The van der Waals surface area contributed by atoms with Gasteiger partial charge in [0.15, 0.2) is 6.61 Å². The highest BCUT2D eigenvalue weighted by molar-refractivity contribution is 5.97. The molecule has 3 rings (SSSR count). The van der Waals surface area contributed by atoms with Crippen molar-refractivity contribution in [3.05, 3.63) is 54.1 Å². The summed E-state index contributed by atoms with van der Waals surface area (Å²) in [6.45, 7) is 4.49. The highest BCUT2D eigenvalue weighted by atomic mass is 16.5. The average Bonchev–Trinajstić information content (AvgIpc) is 2.54. The average molecular weight is 297 g/mol. The summed E-state index contributed by atoms with van der Waals surface area (Å²) < 4.78 is 11.3. The fraction of sp³-hybridized carbons (Fsp3) is 0.278. The van der Waals surface area contributed by atoms with E-state index >= 15 is 0 Å². The Bertz CT molecular complexity index is 669. The zero-order valence-corrected chi connectivity index (χ0v) is 12.8. The molecule has 1 unspecified atom stereocenters. The van der Waals surface area contributed by atoms with Gasteiger partial charge in [-0.2, -0.15) is 0 Å². The first kappa shape index (κ1) is 14.4. The van der Waals surface area contributed by atoms with E-state index in [2.05, 4.69) is 0 Å². The maximum Gasteiger partial charge on any atom is 0.265 e. The Hall–Kier alpha value is -2.49. The quantitative estimate of drug-likeness (QED) is 0.873. The van der Waals surface area contributed by atoms with E-state index in [1.807, 2.05) is 62.4 Å². The molecule has 1 atom stereocenters. The number of para-hydroxylation sites is 1. The lowest BCUT2D eigenvalue weighted by Gasteiger charge is -2.35. The molecule has 22 heavy (non-hydrogen) atoms. The normalized spacial score (nSPS) is 16.6. The second-order valence-electron chi connectivity index (χ2n) is 5.50. The fourth-order valence-corrected chi connectivity index (χ4v) is 2.57. The lowest BCUT2D eigenvalue weighted by molar-refractivity contribution is -0.121. The molecule has 0 spiro atoms. The molecule has 0 radical (unpaired) electrons. The number of nitrogens with zero attached hydrogens (tertiary/aromatic N) is 1. The van der Waals surface area contributed by atoms with Crippen LogP contribution in [0.2, 0.25) is 0 Å². The van der Waals surface area contributed by atoms with Crippen molar-refractivity contribution in [2.24, 2.45) is 0 Å². The number of anilines is 1. The molecule has 0 aromatic heterocycles. The largest absolute Gasteiger partial charge is 0.489 e. The summed E-state index contributed by atoms with van der Waals surface area (Å²) in [7, 11) is 0. The van der Waals surface area contributed by atoms with Gasteiger partial charge in [-0.3, -0.25) is 9.69 Å². The third kappa shape index (κ3) is 2.91. The number of carbonyl (C=O) groups excluding carboxylic acids is 1. The van der Waals surface area contributed by atoms with Crippen molar-refractivity contribution in [1.82, 2.24) is 0 Å². The van der Waals surface area contributed by atoms with Crippen molar-refractivity contribution >= 4 is 11.6 Å². The van der Waals surface area contributed by atoms with Gasteiger partial charge < -0.3 is 9.47 Å². The Kier molecular flexibility index (Phi) is 4.00. The minimum atomic E-state index is -0.0650. The van der Waals surface area contributed by atoms with Crippen LogP contribution in [0.3, 0.4) is 0 Å². The first-order chi connectivity index (χ1) is 10.6. The molecule has 0 bridgehead atoms. The molecule has 4 nitrogen and oxygen atoms in total. The molecule has 0 N–H and O–H groups in total. The molecule has 4 heteroatoms. The van der Waals surface area contributed by atoms with E-state index in [0.717, 1.165) is 17.0 Å². The second kappa shape index (κ2) is 6.10. The van der Waals surface area contributed by atoms with Crippen LogP contribution >= 0.6 is 0 Å². The number of rotatable bonds is 3. The summed E-state index contributed by atoms with van der Waals surface area (Å²) in [5.74, 6) is 1.39. The van der Waals surface area contributed by atoms with E-state index in [1.165, 1.54) is 0 Å². The van der Waals surface area contributed by atoms with E-state index < -0.39 is 0 Å². The number of amides is 1. The maximum absolute atomic E-state index is 12.6. The van der Waals surface area contributed by atoms with Crippen molar-refractivity contribution in [2.45, 2.75) is 19.9 Å². The minimum Gasteiger partial charge on any atom is -0.489 e. The summed E-state index contributed by atoms with van der Waals surface area (Å²) in [4.78, 5) is 14.3. The third-order valence-electron chi connectivity index (χ3n) is 3.67. The number of fused-ring (bicyclic) bond motifs is 1. The summed E-state index contributed by atoms with van der Waals surface area (Å²) in [5.41, 5.74) is 1.92. The molecule has 2 aromatic carbocycles. The molecule has 0 fully saturated rings. The van der Waals surface area contributed by atoms with Gasteiger partial charge >= 0.3 is 0 Å². The minimum absolute atomic E-state index is 0.0120. The standard InChI is InChI=1S/C18H19NO3/c1-13-8-9-16-17(10-13)22-11-14(2)19(16)18(20)12-21-15-6-4-3-5-7-15/h3-10,14H,11-12H2,1-2H3. The molecule has 0 saturated carbocycles. The van der Waals surface area contributed by atoms with Crippen LogP contribution in [0.4, 0.5) is 5.69 Å². The van der Waals surface area contributed by atoms with Gasteiger partial charge in [0.05, 0.1) is 11.7 Å². The molecule has 1 aliphatic heterocycles. The zero-order valence-electron chi connectivity index (χ0n) is 12.8. The monoisotopic (exact) mass is 297 g/mol. The van der Waals surface area contributed by atoms with Gasteiger partial charge in [0, 0.05) is 0 Å². The molecular weight excluding hydrogens is 278 g/mol. The van der Waals surface area contributed by atoms with Crippen LogP contribution in [0.5, 0.6) is 11.5 Å². The van der Waals surface area contributed by atoms with Crippen LogP contribution in [-0.4, -0.2) is 25.2 Å². The Balaban J connectivity index is 1.77. The number of benzene rings is 2. The number of aryl methyl sites for hydroxylation is 1. The molecule has 1 amide bonds. The van der Waals surface area contributed by atoms with Crippen LogP contribution in [0.25, 0.3) is 0 Å². The SMILES string of the molecule is Cc1ccc2c(c1)OCC(C)N2C(=O)COc1ccccc1. The summed E-state index contributed by atoms with van der Waals surface area (Å²) in [6, 6.07) is 15.2. The summed E-state index contributed by atoms with van der Waals surface area (Å²) in [6.07, 6.45) is 0. The highest BCUT2D eigenvalue weighted by Gasteiger charge is 2.29. The molecule has 0 aliphatic carbocycles. The van der Waals surface area contributed by atoms with Gasteiger partial charge in [0.1, 0.15) is 18.1 Å². The van der Waals surface area contributed by atoms with Gasteiger partial charge in [-0.1, -0.05) is 24.3 Å². The topological polar surface area (TPSA) is 38.8 Å². The maximum atomic E-state index is 12.6.